The fraction of sp³-hybridized carbons (Fsp3) is 0.318. The molecule has 0 fully saturated rings. The van der Waals surface area contributed by atoms with Gasteiger partial charge in [0, 0.05) is 11.1 Å². The zero-order valence-electron chi connectivity index (χ0n) is 17.2. The van der Waals surface area contributed by atoms with Crippen LogP contribution >= 0.6 is 0 Å². The number of rotatable bonds is 9. The van der Waals surface area contributed by atoms with Gasteiger partial charge in [0.1, 0.15) is 11.9 Å². The highest BCUT2D eigenvalue weighted by Crippen LogP contribution is 2.27. The lowest BCUT2D eigenvalue weighted by molar-refractivity contribution is -0.145. The zero-order chi connectivity index (χ0) is 22.3. The number of halogens is 1. The Bertz CT molecular complexity index is 910. The van der Waals surface area contributed by atoms with Crippen LogP contribution in [0.3, 0.4) is 0 Å². The lowest BCUT2D eigenvalue weighted by Gasteiger charge is -2.20. The molecule has 1 atom stereocenters. The number of hydrogen-bond donors (Lipinski definition) is 1. The number of nitrogens with one attached hydrogen (secondary N) is 1. The Morgan fingerprint density at radius 3 is 2.10 bits per heavy atom. The fourth-order valence-electron chi connectivity index (χ4n) is 2.64. The molecule has 8 heteroatoms. The molecule has 1 N–H and O–H groups in total. The number of Topliss-reactive ketones (excluding diaryl/α,β-unsaturated/α-hetero) is 1. The number of esters is 1. The molecule has 0 radical (unpaired) electrons. The molecule has 0 bridgehead atoms. The Labute approximate surface area is 174 Å². The number of benzene rings is 2. The van der Waals surface area contributed by atoms with Crippen molar-refractivity contribution in [3.63, 3.8) is 0 Å². The average molecular weight is 417 g/mol. The Hall–Kier alpha value is -3.42. The highest BCUT2D eigenvalue weighted by atomic mass is 19.1. The molecule has 160 valence electrons. The van der Waals surface area contributed by atoms with E-state index in [1.165, 1.54) is 38.5 Å². The fourth-order valence-corrected chi connectivity index (χ4v) is 2.64. The topological polar surface area (TPSA) is 90.9 Å². The molecule has 7 nitrogen and oxygen atoms in total. The number of carbonyl (C=O) groups is 3. The number of ether oxygens (including phenoxy) is 3. The largest absolute Gasteiger partial charge is 0.493 e. The van der Waals surface area contributed by atoms with Crippen molar-refractivity contribution in [3.8, 4) is 11.5 Å². The summed E-state index contributed by atoms with van der Waals surface area (Å²) in [5.74, 6) is -1.64. The van der Waals surface area contributed by atoms with Crippen molar-refractivity contribution in [2.24, 2.45) is 5.92 Å². The molecule has 0 aliphatic carbocycles. The van der Waals surface area contributed by atoms with Crippen molar-refractivity contribution in [1.82, 2.24) is 5.32 Å². The van der Waals surface area contributed by atoms with Gasteiger partial charge in [0.05, 0.1) is 14.2 Å². The third-order valence-electron chi connectivity index (χ3n) is 4.36. The van der Waals surface area contributed by atoms with Gasteiger partial charge >= 0.3 is 5.97 Å². The second-order valence-corrected chi connectivity index (χ2v) is 6.80. The van der Waals surface area contributed by atoms with E-state index < -0.39 is 36.1 Å². The Morgan fingerprint density at radius 1 is 0.933 bits per heavy atom. The monoisotopic (exact) mass is 417 g/mol. The van der Waals surface area contributed by atoms with E-state index >= 15 is 0 Å². The van der Waals surface area contributed by atoms with E-state index in [9.17, 15) is 18.8 Å². The number of methoxy groups -OCH3 is 2. The Kier molecular flexibility index (Phi) is 7.91. The first-order chi connectivity index (χ1) is 14.3. The molecular formula is C22H24FNO6. The molecule has 30 heavy (non-hydrogen) atoms. The van der Waals surface area contributed by atoms with Gasteiger partial charge in [0.2, 0.25) is 0 Å². The summed E-state index contributed by atoms with van der Waals surface area (Å²) in [6, 6.07) is 8.56. The van der Waals surface area contributed by atoms with Crippen LogP contribution in [0.4, 0.5) is 4.39 Å². The molecule has 0 heterocycles. The number of amides is 1. The maximum absolute atomic E-state index is 13.0. The summed E-state index contributed by atoms with van der Waals surface area (Å²) in [6.07, 6.45) is 0. The van der Waals surface area contributed by atoms with Gasteiger partial charge in [-0.1, -0.05) is 13.8 Å². The highest BCUT2D eigenvalue weighted by molar-refractivity contribution is 5.99. The van der Waals surface area contributed by atoms with E-state index in [0.29, 0.717) is 11.5 Å². The van der Waals surface area contributed by atoms with Gasteiger partial charge < -0.3 is 19.5 Å². The smallest absolute Gasteiger partial charge is 0.329 e. The molecule has 2 aromatic rings. The van der Waals surface area contributed by atoms with Crippen LogP contribution in [0.15, 0.2) is 42.5 Å². The molecule has 2 aromatic carbocycles. The molecule has 2 rings (SSSR count). The SMILES string of the molecule is COc1ccc(C(=O)COC(=O)[C@@H](NC(=O)c2ccc(F)cc2)C(C)C)cc1OC. The van der Waals surface area contributed by atoms with Crippen LogP contribution < -0.4 is 14.8 Å². The summed E-state index contributed by atoms with van der Waals surface area (Å²) in [6.45, 7) is 2.96. The standard InChI is InChI=1S/C22H24FNO6/c1-13(2)20(24-21(26)14-5-8-16(23)9-6-14)22(27)30-12-17(25)15-7-10-18(28-3)19(11-15)29-4/h5-11,13,20H,12H2,1-4H3,(H,24,26)/t20-/m0/s1. The lowest BCUT2D eigenvalue weighted by atomic mass is 10.0. The molecule has 0 aromatic heterocycles. The van der Waals surface area contributed by atoms with Crippen LogP contribution in [-0.4, -0.2) is 44.5 Å². The minimum absolute atomic E-state index is 0.205. The van der Waals surface area contributed by atoms with Gasteiger partial charge in [-0.15, -0.1) is 0 Å². The summed E-state index contributed by atoms with van der Waals surface area (Å²) >= 11 is 0. The van der Waals surface area contributed by atoms with E-state index in [1.807, 2.05) is 0 Å². The first kappa shape index (κ1) is 22.9. The quantitative estimate of drug-likeness (QED) is 0.498. The van der Waals surface area contributed by atoms with Gasteiger partial charge in [-0.25, -0.2) is 9.18 Å². The van der Waals surface area contributed by atoms with Crippen LogP contribution in [0.2, 0.25) is 0 Å². The summed E-state index contributed by atoms with van der Waals surface area (Å²) in [7, 11) is 2.93. The first-order valence-corrected chi connectivity index (χ1v) is 9.25. The first-order valence-electron chi connectivity index (χ1n) is 9.25. The molecular weight excluding hydrogens is 393 g/mol. The number of hydrogen-bond acceptors (Lipinski definition) is 6. The molecule has 0 aliphatic heterocycles. The van der Waals surface area contributed by atoms with Crippen LogP contribution in [0.1, 0.15) is 34.6 Å². The number of carbonyl (C=O) groups excluding carboxylic acids is 3. The maximum atomic E-state index is 13.0. The third kappa shape index (κ3) is 5.79. The van der Waals surface area contributed by atoms with E-state index in [2.05, 4.69) is 5.32 Å². The summed E-state index contributed by atoms with van der Waals surface area (Å²) < 4.78 is 28.4. The molecule has 0 spiro atoms. The van der Waals surface area contributed by atoms with Gasteiger partial charge in [-0.2, -0.15) is 0 Å². The van der Waals surface area contributed by atoms with Gasteiger partial charge in [-0.3, -0.25) is 9.59 Å². The average Bonchev–Trinajstić information content (AvgIpc) is 2.75. The minimum atomic E-state index is -0.972. The van der Waals surface area contributed by atoms with Crippen molar-refractivity contribution in [1.29, 1.82) is 0 Å². The van der Waals surface area contributed by atoms with Crippen molar-refractivity contribution in [2.45, 2.75) is 19.9 Å². The van der Waals surface area contributed by atoms with Gasteiger partial charge in [0.15, 0.2) is 23.9 Å². The summed E-state index contributed by atoms with van der Waals surface area (Å²) in [5, 5.41) is 2.57. The summed E-state index contributed by atoms with van der Waals surface area (Å²) in [4.78, 5) is 37.2. The Morgan fingerprint density at radius 2 is 1.53 bits per heavy atom. The normalized spacial score (nSPS) is 11.5. The highest BCUT2D eigenvalue weighted by Gasteiger charge is 2.27. The molecule has 0 unspecified atom stereocenters. The third-order valence-corrected chi connectivity index (χ3v) is 4.36. The van der Waals surface area contributed by atoms with Crippen molar-refractivity contribution in [3.05, 3.63) is 59.4 Å². The molecule has 0 saturated heterocycles. The maximum Gasteiger partial charge on any atom is 0.329 e. The second kappa shape index (κ2) is 10.4. The van der Waals surface area contributed by atoms with E-state index in [1.54, 1.807) is 19.9 Å². The van der Waals surface area contributed by atoms with Crippen molar-refractivity contribution < 1.29 is 33.0 Å². The van der Waals surface area contributed by atoms with Crippen LogP contribution in [0, 0.1) is 11.7 Å². The Balaban J connectivity index is 2.02. The molecule has 0 aliphatic rings. The second-order valence-electron chi connectivity index (χ2n) is 6.80. The van der Waals surface area contributed by atoms with Crippen LogP contribution in [0.5, 0.6) is 11.5 Å². The number of ketones is 1. The molecule has 1 amide bonds. The van der Waals surface area contributed by atoms with Crippen LogP contribution in [-0.2, 0) is 9.53 Å². The van der Waals surface area contributed by atoms with E-state index in [-0.39, 0.29) is 17.0 Å². The van der Waals surface area contributed by atoms with Gasteiger partial charge in [-0.05, 0) is 48.4 Å². The van der Waals surface area contributed by atoms with Crippen molar-refractivity contribution >= 4 is 17.7 Å². The lowest BCUT2D eigenvalue weighted by Crippen LogP contribution is -2.45. The van der Waals surface area contributed by atoms with Crippen molar-refractivity contribution in [2.75, 3.05) is 20.8 Å². The summed E-state index contributed by atoms with van der Waals surface area (Å²) in [5.41, 5.74) is 0.494. The molecule has 0 saturated carbocycles. The predicted molar refractivity (Wildman–Crippen MR) is 107 cm³/mol. The van der Waals surface area contributed by atoms with Gasteiger partial charge in [0.25, 0.3) is 5.91 Å². The predicted octanol–water partition coefficient (Wildman–Crippen LogP) is 3.02. The van der Waals surface area contributed by atoms with Crippen LogP contribution in [0.25, 0.3) is 0 Å². The van der Waals surface area contributed by atoms with E-state index in [4.69, 9.17) is 14.2 Å². The minimum Gasteiger partial charge on any atom is -0.493 e. The van der Waals surface area contributed by atoms with E-state index in [0.717, 1.165) is 12.1 Å². The zero-order valence-corrected chi connectivity index (χ0v) is 17.2.